The maximum Gasteiger partial charge on any atom is 0.114 e. The summed E-state index contributed by atoms with van der Waals surface area (Å²) in [5.41, 5.74) is 2.84. The first-order valence-electron chi connectivity index (χ1n) is 4.47. The van der Waals surface area contributed by atoms with Crippen LogP contribution in [0.25, 0.3) is 0 Å². The molecule has 4 unspecified atom stereocenters. The Balaban J connectivity index is 2.69. The van der Waals surface area contributed by atoms with E-state index in [0.717, 1.165) is 6.42 Å². The van der Waals surface area contributed by atoms with Crippen molar-refractivity contribution in [3.05, 3.63) is 17.8 Å². The van der Waals surface area contributed by atoms with Crippen molar-refractivity contribution < 1.29 is 5.11 Å². The molecule has 64 valence electrons. The van der Waals surface area contributed by atoms with Crippen LogP contribution < -0.4 is 0 Å². The zero-order valence-corrected chi connectivity index (χ0v) is 7.70. The second-order valence-corrected chi connectivity index (χ2v) is 3.72. The molecule has 0 amide bonds. The van der Waals surface area contributed by atoms with Gasteiger partial charge >= 0.3 is 0 Å². The van der Waals surface area contributed by atoms with Crippen LogP contribution >= 0.6 is 0 Å². The molecule has 12 heavy (non-hydrogen) atoms. The smallest absolute Gasteiger partial charge is 0.114 e. The third-order valence-electron chi connectivity index (χ3n) is 2.95. The van der Waals surface area contributed by atoms with Gasteiger partial charge in [-0.3, -0.25) is 0 Å². The molecule has 0 aromatic rings. The van der Waals surface area contributed by atoms with E-state index in [1.807, 2.05) is 6.08 Å². The summed E-state index contributed by atoms with van der Waals surface area (Å²) in [6.07, 6.45) is 2.58. The minimum absolute atomic E-state index is 0.206. The summed E-state index contributed by atoms with van der Waals surface area (Å²) < 4.78 is 0. The van der Waals surface area contributed by atoms with E-state index in [1.165, 1.54) is 5.98 Å². The van der Waals surface area contributed by atoms with E-state index in [1.54, 1.807) is 0 Å². The molecule has 1 nitrogen and oxygen atoms in total. The Bertz CT molecular complexity index is 206. The molecule has 1 rings (SSSR count). The summed E-state index contributed by atoms with van der Waals surface area (Å²) in [5.74, 6) is 2.76. The van der Waals surface area contributed by atoms with Crippen molar-refractivity contribution >= 4 is 7.85 Å². The lowest BCUT2D eigenvalue weighted by Crippen LogP contribution is -2.14. The van der Waals surface area contributed by atoms with E-state index >= 15 is 0 Å². The van der Waals surface area contributed by atoms with Gasteiger partial charge in [-0.1, -0.05) is 19.8 Å². The Labute approximate surface area is 75.6 Å². The summed E-state index contributed by atoms with van der Waals surface area (Å²) in [6.45, 7) is 4.34. The standard InChI is InChI=1S/C10H15BO/c1-7-6-10(12)9(8(7)2)4-3-5-11/h4-5,7-10,12H,6H2,1-2H3. The molecule has 4 atom stereocenters. The SMILES string of the molecule is [B]C=C=CC1C(O)CC(C)C1C. The Morgan fingerprint density at radius 1 is 1.50 bits per heavy atom. The van der Waals surface area contributed by atoms with Gasteiger partial charge in [-0.05, 0) is 24.3 Å². The van der Waals surface area contributed by atoms with E-state index < -0.39 is 0 Å². The van der Waals surface area contributed by atoms with Crippen LogP contribution in [0.4, 0.5) is 0 Å². The predicted octanol–water partition coefficient (Wildman–Crippen LogP) is 1.48. The van der Waals surface area contributed by atoms with Crippen molar-refractivity contribution in [2.24, 2.45) is 17.8 Å². The monoisotopic (exact) mass is 162 g/mol. The number of aliphatic hydroxyl groups excluding tert-OH is 1. The topological polar surface area (TPSA) is 20.2 Å². The minimum atomic E-state index is -0.206. The first-order valence-corrected chi connectivity index (χ1v) is 4.47. The van der Waals surface area contributed by atoms with Gasteiger partial charge in [-0.15, -0.1) is 5.73 Å². The van der Waals surface area contributed by atoms with Gasteiger partial charge in [-0.25, -0.2) is 0 Å². The van der Waals surface area contributed by atoms with Gasteiger partial charge in [0.25, 0.3) is 0 Å². The van der Waals surface area contributed by atoms with Crippen LogP contribution in [0.2, 0.25) is 0 Å². The zero-order valence-electron chi connectivity index (χ0n) is 7.70. The van der Waals surface area contributed by atoms with Crippen LogP contribution in [0.1, 0.15) is 20.3 Å². The molecule has 1 fully saturated rings. The van der Waals surface area contributed by atoms with Gasteiger partial charge in [0.2, 0.25) is 0 Å². The summed E-state index contributed by atoms with van der Waals surface area (Å²) in [6, 6.07) is 0. The fourth-order valence-corrected chi connectivity index (χ4v) is 1.91. The van der Waals surface area contributed by atoms with Gasteiger partial charge in [-0.2, -0.15) is 0 Å². The normalized spacial score (nSPS) is 40.6. The Hall–Kier alpha value is -0.455. The second-order valence-electron chi connectivity index (χ2n) is 3.72. The average molecular weight is 162 g/mol. The van der Waals surface area contributed by atoms with Crippen molar-refractivity contribution in [2.75, 3.05) is 0 Å². The van der Waals surface area contributed by atoms with Crippen LogP contribution in [0.5, 0.6) is 0 Å². The lowest BCUT2D eigenvalue weighted by Gasteiger charge is -2.14. The molecule has 0 aromatic heterocycles. The molecule has 1 aliphatic carbocycles. The molecular weight excluding hydrogens is 147 g/mol. The third-order valence-corrected chi connectivity index (χ3v) is 2.95. The third kappa shape index (κ3) is 1.82. The van der Waals surface area contributed by atoms with E-state index in [2.05, 4.69) is 19.6 Å². The Morgan fingerprint density at radius 2 is 2.17 bits per heavy atom. The van der Waals surface area contributed by atoms with Crippen molar-refractivity contribution in [3.8, 4) is 0 Å². The largest absolute Gasteiger partial charge is 0.392 e. The van der Waals surface area contributed by atoms with Crippen molar-refractivity contribution in [1.82, 2.24) is 0 Å². The summed E-state index contributed by atoms with van der Waals surface area (Å²) >= 11 is 0. The highest BCUT2D eigenvalue weighted by atomic mass is 16.3. The molecule has 1 saturated carbocycles. The van der Waals surface area contributed by atoms with Gasteiger partial charge in [0, 0.05) is 5.92 Å². The van der Waals surface area contributed by atoms with Gasteiger partial charge in [0.05, 0.1) is 6.10 Å². The average Bonchev–Trinajstić information content (AvgIpc) is 2.25. The molecular formula is C10H15BO. The van der Waals surface area contributed by atoms with Crippen LogP contribution in [0, 0.1) is 17.8 Å². The number of rotatable bonds is 1. The number of aliphatic hydroxyl groups is 1. The molecule has 2 radical (unpaired) electrons. The molecule has 0 heterocycles. The molecule has 1 N–H and O–H groups in total. The highest BCUT2D eigenvalue weighted by Crippen LogP contribution is 2.37. The van der Waals surface area contributed by atoms with Crippen molar-refractivity contribution in [1.29, 1.82) is 0 Å². The van der Waals surface area contributed by atoms with Crippen molar-refractivity contribution in [2.45, 2.75) is 26.4 Å². The number of hydrogen-bond acceptors (Lipinski definition) is 1. The van der Waals surface area contributed by atoms with E-state index in [0.29, 0.717) is 11.8 Å². The molecule has 0 spiro atoms. The predicted molar refractivity (Wildman–Crippen MR) is 50.8 cm³/mol. The fraction of sp³-hybridized carbons (Fsp3) is 0.700. The lowest BCUT2D eigenvalue weighted by molar-refractivity contribution is 0.144. The second kappa shape index (κ2) is 3.98. The lowest BCUT2D eigenvalue weighted by atomic mass is 9.92. The zero-order chi connectivity index (χ0) is 9.14. The fourth-order valence-electron chi connectivity index (χ4n) is 1.91. The maximum atomic E-state index is 9.63. The van der Waals surface area contributed by atoms with Gasteiger partial charge < -0.3 is 5.11 Å². The molecule has 2 heteroatoms. The van der Waals surface area contributed by atoms with Gasteiger partial charge in [0.1, 0.15) is 7.85 Å². The van der Waals surface area contributed by atoms with E-state index in [4.69, 9.17) is 7.85 Å². The first kappa shape index (κ1) is 9.63. The van der Waals surface area contributed by atoms with E-state index in [-0.39, 0.29) is 12.0 Å². The highest BCUT2D eigenvalue weighted by molar-refractivity contribution is 6.16. The molecule has 1 aliphatic rings. The first-order chi connectivity index (χ1) is 5.66. The van der Waals surface area contributed by atoms with Gasteiger partial charge in [0.15, 0.2) is 0 Å². The number of hydrogen-bond donors (Lipinski definition) is 1. The van der Waals surface area contributed by atoms with Crippen LogP contribution in [0.15, 0.2) is 17.8 Å². The summed E-state index contributed by atoms with van der Waals surface area (Å²) in [5, 5.41) is 9.63. The van der Waals surface area contributed by atoms with E-state index in [9.17, 15) is 5.11 Å². The molecule has 0 aromatic carbocycles. The Morgan fingerprint density at radius 3 is 2.58 bits per heavy atom. The summed E-state index contributed by atoms with van der Waals surface area (Å²) in [4.78, 5) is 0. The Kier molecular flexibility index (Phi) is 3.19. The quantitative estimate of drug-likeness (QED) is 0.457. The molecule has 0 bridgehead atoms. The molecule has 0 aliphatic heterocycles. The van der Waals surface area contributed by atoms with Crippen LogP contribution in [0.3, 0.4) is 0 Å². The van der Waals surface area contributed by atoms with Crippen LogP contribution in [-0.4, -0.2) is 19.1 Å². The van der Waals surface area contributed by atoms with Crippen molar-refractivity contribution in [3.63, 3.8) is 0 Å². The maximum absolute atomic E-state index is 9.63. The minimum Gasteiger partial charge on any atom is -0.392 e. The van der Waals surface area contributed by atoms with Crippen LogP contribution in [-0.2, 0) is 0 Å². The summed E-state index contributed by atoms with van der Waals surface area (Å²) in [7, 11) is 5.18. The highest BCUT2D eigenvalue weighted by Gasteiger charge is 2.35. The molecule has 0 saturated heterocycles.